The molecule has 0 bridgehead atoms. The summed E-state index contributed by atoms with van der Waals surface area (Å²) in [5, 5.41) is 11.5. The molecule has 1 heterocycles. The maximum Gasteiger partial charge on any atom is 0.233 e. The van der Waals surface area contributed by atoms with E-state index in [9.17, 15) is 4.79 Å². The molecule has 1 aliphatic heterocycles. The van der Waals surface area contributed by atoms with Crippen LogP contribution in [0.4, 0.5) is 0 Å². The third-order valence-electron chi connectivity index (χ3n) is 3.67. The van der Waals surface area contributed by atoms with E-state index >= 15 is 0 Å². The summed E-state index contributed by atoms with van der Waals surface area (Å²) in [5.41, 5.74) is 5.47. The van der Waals surface area contributed by atoms with Gasteiger partial charge in [0.05, 0.1) is 5.92 Å². The zero-order chi connectivity index (χ0) is 12.8. The van der Waals surface area contributed by atoms with Gasteiger partial charge in [0.1, 0.15) is 0 Å². The lowest BCUT2D eigenvalue weighted by Crippen LogP contribution is -2.41. The molecular formula is C12H23N3O2. The molecule has 2 atom stereocenters. The van der Waals surface area contributed by atoms with Crippen molar-refractivity contribution in [2.45, 2.75) is 39.5 Å². The molecule has 0 aromatic rings. The molecule has 0 aromatic carbocycles. The van der Waals surface area contributed by atoms with Crippen molar-refractivity contribution < 1.29 is 10.0 Å². The highest BCUT2D eigenvalue weighted by atomic mass is 16.4. The van der Waals surface area contributed by atoms with Gasteiger partial charge in [-0.25, -0.2) is 0 Å². The van der Waals surface area contributed by atoms with Gasteiger partial charge in [-0.3, -0.25) is 4.79 Å². The number of carbonyl (C=O) groups excluding carboxylic acids is 1. The molecule has 17 heavy (non-hydrogen) atoms. The highest BCUT2D eigenvalue weighted by molar-refractivity contribution is 6.01. The maximum absolute atomic E-state index is 12.1. The Morgan fingerprint density at radius 2 is 2.24 bits per heavy atom. The minimum absolute atomic E-state index is 0.00807. The van der Waals surface area contributed by atoms with E-state index in [0.29, 0.717) is 0 Å². The lowest BCUT2D eigenvalue weighted by Gasteiger charge is -2.23. The van der Waals surface area contributed by atoms with Crippen molar-refractivity contribution >= 4 is 11.7 Å². The first-order chi connectivity index (χ1) is 8.10. The highest BCUT2D eigenvalue weighted by Gasteiger charge is 2.25. The van der Waals surface area contributed by atoms with E-state index in [2.05, 4.69) is 12.1 Å². The fourth-order valence-electron chi connectivity index (χ4n) is 2.28. The molecule has 98 valence electrons. The smallest absolute Gasteiger partial charge is 0.233 e. The van der Waals surface area contributed by atoms with Crippen molar-refractivity contribution in [3.05, 3.63) is 0 Å². The van der Waals surface area contributed by atoms with Gasteiger partial charge in [-0.05, 0) is 32.1 Å². The van der Waals surface area contributed by atoms with Crippen LogP contribution in [0.2, 0.25) is 0 Å². The van der Waals surface area contributed by atoms with E-state index in [1.165, 1.54) is 12.8 Å². The van der Waals surface area contributed by atoms with Crippen LogP contribution in [0, 0.1) is 11.8 Å². The summed E-state index contributed by atoms with van der Waals surface area (Å²) < 4.78 is 0. The summed E-state index contributed by atoms with van der Waals surface area (Å²) in [7, 11) is 0. The number of hydrogen-bond donors (Lipinski definition) is 2. The van der Waals surface area contributed by atoms with Gasteiger partial charge in [-0.15, -0.1) is 0 Å². The number of hydrogen-bond acceptors (Lipinski definition) is 3. The van der Waals surface area contributed by atoms with Crippen LogP contribution in [0.25, 0.3) is 0 Å². The number of amidine groups is 1. The number of oxime groups is 1. The predicted molar refractivity (Wildman–Crippen MR) is 66.8 cm³/mol. The Balaban J connectivity index is 2.58. The average Bonchev–Trinajstić information content (AvgIpc) is 2.61. The Labute approximate surface area is 103 Å². The Bertz CT molecular complexity index is 291. The van der Waals surface area contributed by atoms with Gasteiger partial charge in [0.2, 0.25) is 5.91 Å². The second kappa shape index (κ2) is 6.47. The Kier molecular flexibility index (Phi) is 5.25. The predicted octanol–water partition coefficient (Wildman–Crippen LogP) is 1.41. The second-order valence-corrected chi connectivity index (χ2v) is 4.78. The molecule has 0 saturated carbocycles. The first-order valence-corrected chi connectivity index (χ1v) is 6.36. The van der Waals surface area contributed by atoms with Crippen molar-refractivity contribution in [3.8, 4) is 0 Å². The largest absolute Gasteiger partial charge is 0.409 e. The van der Waals surface area contributed by atoms with Crippen molar-refractivity contribution in [2.24, 2.45) is 22.7 Å². The van der Waals surface area contributed by atoms with Crippen LogP contribution >= 0.6 is 0 Å². The number of nitrogens with zero attached hydrogens (tertiary/aromatic N) is 2. The molecule has 2 unspecified atom stereocenters. The monoisotopic (exact) mass is 241 g/mol. The molecule has 1 rings (SSSR count). The lowest BCUT2D eigenvalue weighted by molar-refractivity contribution is -0.132. The molecule has 0 spiro atoms. The van der Waals surface area contributed by atoms with Gasteiger partial charge in [-0.2, -0.15) is 0 Å². The second-order valence-electron chi connectivity index (χ2n) is 4.78. The van der Waals surface area contributed by atoms with Gasteiger partial charge in [0, 0.05) is 13.1 Å². The fourth-order valence-corrected chi connectivity index (χ4v) is 2.28. The molecule has 0 aliphatic carbocycles. The normalized spacial score (nSPS) is 24.2. The number of nitrogens with two attached hydrogens (primary N) is 1. The Morgan fingerprint density at radius 1 is 1.53 bits per heavy atom. The van der Waals surface area contributed by atoms with E-state index in [4.69, 9.17) is 10.9 Å². The molecule has 1 fully saturated rings. The quantitative estimate of drug-likeness (QED) is 0.339. The van der Waals surface area contributed by atoms with E-state index in [1.807, 2.05) is 4.90 Å². The molecule has 3 N–H and O–H groups in total. The van der Waals surface area contributed by atoms with Crippen LogP contribution in [0.15, 0.2) is 5.16 Å². The Morgan fingerprint density at radius 3 is 2.82 bits per heavy atom. The van der Waals surface area contributed by atoms with Crippen LogP contribution in [-0.4, -0.2) is 34.9 Å². The van der Waals surface area contributed by atoms with Crippen molar-refractivity contribution in [3.63, 3.8) is 0 Å². The molecule has 0 radical (unpaired) electrons. The summed E-state index contributed by atoms with van der Waals surface area (Å²) >= 11 is 0. The molecular weight excluding hydrogens is 218 g/mol. The number of rotatable bonds is 3. The molecule has 1 amide bonds. The third kappa shape index (κ3) is 3.61. The van der Waals surface area contributed by atoms with Gasteiger partial charge < -0.3 is 15.8 Å². The Hall–Kier alpha value is -1.26. The fraction of sp³-hybridized carbons (Fsp3) is 0.833. The van der Waals surface area contributed by atoms with Gasteiger partial charge in [0.25, 0.3) is 0 Å². The maximum atomic E-state index is 12.1. The van der Waals surface area contributed by atoms with Crippen molar-refractivity contribution in [2.75, 3.05) is 13.1 Å². The SMILES string of the molecule is CCC1CCCN(C(=O)C(C)C(N)=NO)CC1. The minimum atomic E-state index is -0.529. The summed E-state index contributed by atoms with van der Waals surface area (Å²) in [4.78, 5) is 13.9. The lowest BCUT2D eigenvalue weighted by atomic mass is 9.98. The molecule has 5 heteroatoms. The van der Waals surface area contributed by atoms with Crippen LogP contribution in [0.3, 0.4) is 0 Å². The summed E-state index contributed by atoms with van der Waals surface area (Å²) in [5.74, 6) is 0.161. The molecule has 5 nitrogen and oxygen atoms in total. The standard InChI is InChI=1S/C12H23N3O2/c1-3-10-5-4-7-15(8-6-10)12(16)9(2)11(13)14-17/h9-10,17H,3-8H2,1-2H3,(H2,13,14). The van der Waals surface area contributed by atoms with Crippen molar-refractivity contribution in [1.29, 1.82) is 0 Å². The zero-order valence-corrected chi connectivity index (χ0v) is 10.7. The minimum Gasteiger partial charge on any atom is -0.409 e. The van der Waals surface area contributed by atoms with Crippen LogP contribution in [0.5, 0.6) is 0 Å². The molecule has 0 aromatic heterocycles. The number of likely N-dealkylation sites (tertiary alicyclic amines) is 1. The topological polar surface area (TPSA) is 78.9 Å². The third-order valence-corrected chi connectivity index (χ3v) is 3.67. The van der Waals surface area contributed by atoms with E-state index in [1.54, 1.807) is 6.92 Å². The summed E-state index contributed by atoms with van der Waals surface area (Å²) in [6, 6.07) is 0. The van der Waals surface area contributed by atoms with E-state index in [-0.39, 0.29) is 11.7 Å². The first-order valence-electron chi connectivity index (χ1n) is 6.36. The first kappa shape index (κ1) is 13.8. The average molecular weight is 241 g/mol. The van der Waals surface area contributed by atoms with Gasteiger partial charge in [-0.1, -0.05) is 18.5 Å². The highest BCUT2D eigenvalue weighted by Crippen LogP contribution is 2.21. The summed E-state index contributed by atoms with van der Waals surface area (Å²) in [6.07, 6.45) is 4.48. The van der Waals surface area contributed by atoms with Crippen LogP contribution in [-0.2, 0) is 4.79 Å². The number of amides is 1. The van der Waals surface area contributed by atoms with Gasteiger partial charge in [0.15, 0.2) is 5.84 Å². The molecule has 1 saturated heterocycles. The zero-order valence-electron chi connectivity index (χ0n) is 10.7. The van der Waals surface area contributed by atoms with Crippen LogP contribution in [0.1, 0.15) is 39.5 Å². The number of carbonyl (C=O) groups is 1. The van der Waals surface area contributed by atoms with E-state index in [0.717, 1.165) is 31.8 Å². The molecule has 1 aliphatic rings. The van der Waals surface area contributed by atoms with Crippen LogP contribution < -0.4 is 5.73 Å². The van der Waals surface area contributed by atoms with E-state index < -0.39 is 5.92 Å². The van der Waals surface area contributed by atoms with Gasteiger partial charge >= 0.3 is 0 Å². The summed E-state index contributed by atoms with van der Waals surface area (Å²) in [6.45, 7) is 5.46. The van der Waals surface area contributed by atoms with Crippen molar-refractivity contribution in [1.82, 2.24) is 4.90 Å².